The van der Waals surface area contributed by atoms with Crippen molar-refractivity contribution >= 4 is 17.6 Å². The molecule has 0 unspecified atom stereocenters. The molecular weight excluding hydrogens is 216 g/mol. The molecule has 92 valence electrons. The smallest absolute Gasteiger partial charge is 0.321 e. The molecule has 1 rings (SSSR count). The molecule has 0 bridgehead atoms. The van der Waals surface area contributed by atoms with Gasteiger partial charge in [-0.2, -0.15) is 0 Å². The van der Waals surface area contributed by atoms with Crippen LogP contribution in [0.2, 0.25) is 0 Å². The van der Waals surface area contributed by atoms with E-state index in [0.717, 1.165) is 11.3 Å². The third kappa shape index (κ3) is 4.55. The Bertz CT molecular complexity index is 399. The highest BCUT2D eigenvalue weighted by Gasteiger charge is 2.08. The van der Waals surface area contributed by atoms with E-state index in [1.165, 1.54) is 4.90 Å². The molecule has 1 aromatic rings. The van der Waals surface area contributed by atoms with Gasteiger partial charge in [0, 0.05) is 25.7 Å². The molecule has 0 aliphatic carbocycles. The molecule has 0 heterocycles. The van der Waals surface area contributed by atoms with E-state index in [1.54, 1.807) is 7.05 Å². The lowest BCUT2D eigenvalue weighted by atomic mass is 10.2. The van der Waals surface area contributed by atoms with Crippen LogP contribution in [0.25, 0.3) is 0 Å². The van der Waals surface area contributed by atoms with Crippen molar-refractivity contribution in [2.45, 2.75) is 13.3 Å². The van der Waals surface area contributed by atoms with Gasteiger partial charge in [-0.3, -0.25) is 5.41 Å². The van der Waals surface area contributed by atoms with E-state index in [-0.39, 0.29) is 11.9 Å². The molecule has 17 heavy (non-hydrogen) atoms. The van der Waals surface area contributed by atoms with Crippen LogP contribution < -0.4 is 11.1 Å². The first-order valence-electron chi connectivity index (χ1n) is 5.40. The average molecular weight is 234 g/mol. The van der Waals surface area contributed by atoms with E-state index in [1.807, 2.05) is 31.2 Å². The molecule has 1 aromatic carbocycles. The SMILES string of the molecule is Cc1ccc(NC(=O)N(C)CCC(=N)N)cc1. The lowest BCUT2D eigenvalue weighted by Crippen LogP contribution is -2.33. The Morgan fingerprint density at radius 2 is 2.00 bits per heavy atom. The van der Waals surface area contributed by atoms with Crippen molar-refractivity contribution in [3.63, 3.8) is 0 Å². The molecule has 0 aliphatic heterocycles. The third-order valence-corrected chi connectivity index (χ3v) is 2.37. The number of rotatable bonds is 4. The van der Waals surface area contributed by atoms with Crippen molar-refractivity contribution in [1.82, 2.24) is 4.90 Å². The number of anilines is 1. The fourth-order valence-electron chi connectivity index (χ4n) is 1.25. The zero-order chi connectivity index (χ0) is 12.8. The summed E-state index contributed by atoms with van der Waals surface area (Å²) in [7, 11) is 1.67. The molecule has 5 nitrogen and oxygen atoms in total. The molecule has 0 fully saturated rings. The van der Waals surface area contributed by atoms with Crippen LogP contribution in [0.5, 0.6) is 0 Å². The van der Waals surface area contributed by atoms with Crippen molar-refractivity contribution in [1.29, 1.82) is 5.41 Å². The molecule has 2 amide bonds. The second-order valence-electron chi connectivity index (χ2n) is 3.99. The number of urea groups is 1. The number of nitrogens with two attached hydrogens (primary N) is 1. The highest BCUT2D eigenvalue weighted by molar-refractivity contribution is 5.89. The van der Waals surface area contributed by atoms with Gasteiger partial charge in [0.05, 0.1) is 5.84 Å². The van der Waals surface area contributed by atoms with Crippen LogP contribution >= 0.6 is 0 Å². The largest absolute Gasteiger partial charge is 0.388 e. The van der Waals surface area contributed by atoms with Gasteiger partial charge in [0.2, 0.25) is 0 Å². The topological polar surface area (TPSA) is 82.2 Å². The molecule has 5 heteroatoms. The zero-order valence-electron chi connectivity index (χ0n) is 10.2. The monoisotopic (exact) mass is 234 g/mol. The van der Waals surface area contributed by atoms with Crippen LogP contribution in [-0.2, 0) is 0 Å². The van der Waals surface area contributed by atoms with Gasteiger partial charge in [-0.05, 0) is 19.1 Å². The van der Waals surface area contributed by atoms with Crippen LogP contribution in [0, 0.1) is 12.3 Å². The van der Waals surface area contributed by atoms with E-state index in [4.69, 9.17) is 11.1 Å². The zero-order valence-corrected chi connectivity index (χ0v) is 10.2. The van der Waals surface area contributed by atoms with E-state index in [2.05, 4.69) is 5.32 Å². The molecular formula is C12H18N4O. The summed E-state index contributed by atoms with van der Waals surface area (Å²) < 4.78 is 0. The molecule has 0 radical (unpaired) electrons. The molecule has 0 aliphatic rings. The predicted octanol–water partition coefficient (Wildman–Crippen LogP) is 1.78. The first-order valence-corrected chi connectivity index (χ1v) is 5.40. The molecule has 0 aromatic heterocycles. The first kappa shape index (κ1) is 13.0. The quantitative estimate of drug-likeness (QED) is 0.548. The number of nitrogens with one attached hydrogen (secondary N) is 2. The Morgan fingerprint density at radius 3 is 2.53 bits per heavy atom. The van der Waals surface area contributed by atoms with Gasteiger partial charge in [-0.1, -0.05) is 17.7 Å². The molecule has 0 saturated carbocycles. The normalized spacial score (nSPS) is 9.76. The van der Waals surface area contributed by atoms with Gasteiger partial charge in [0.15, 0.2) is 0 Å². The molecule has 4 N–H and O–H groups in total. The second kappa shape index (κ2) is 5.89. The summed E-state index contributed by atoms with van der Waals surface area (Å²) in [4.78, 5) is 13.2. The van der Waals surface area contributed by atoms with E-state index in [0.29, 0.717) is 13.0 Å². The Kier molecular flexibility index (Phi) is 4.51. The molecule has 0 spiro atoms. The Hall–Kier alpha value is -2.04. The fourth-order valence-corrected chi connectivity index (χ4v) is 1.25. The minimum atomic E-state index is -0.199. The predicted molar refractivity (Wildman–Crippen MR) is 69.4 cm³/mol. The standard InChI is InChI=1S/C12H18N4O/c1-9-3-5-10(6-4-9)15-12(17)16(2)8-7-11(13)14/h3-6H,7-8H2,1-2H3,(H3,13,14)(H,15,17). The maximum atomic E-state index is 11.7. The van der Waals surface area contributed by atoms with Crippen molar-refractivity contribution in [3.05, 3.63) is 29.8 Å². The summed E-state index contributed by atoms with van der Waals surface area (Å²) in [6.45, 7) is 2.43. The number of carbonyl (C=O) groups excluding carboxylic acids is 1. The second-order valence-corrected chi connectivity index (χ2v) is 3.99. The van der Waals surface area contributed by atoms with Crippen molar-refractivity contribution in [2.24, 2.45) is 5.73 Å². The Morgan fingerprint density at radius 1 is 1.41 bits per heavy atom. The van der Waals surface area contributed by atoms with E-state index >= 15 is 0 Å². The van der Waals surface area contributed by atoms with Crippen molar-refractivity contribution in [3.8, 4) is 0 Å². The summed E-state index contributed by atoms with van der Waals surface area (Å²) in [6.07, 6.45) is 0.387. The van der Waals surface area contributed by atoms with Gasteiger partial charge < -0.3 is 16.0 Å². The number of nitrogens with zero attached hydrogens (tertiary/aromatic N) is 1. The van der Waals surface area contributed by atoms with E-state index < -0.39 is 0 Å². The number of benzene rings is 1. The number of hydrogen-bond donors (Lipinski definition) is 3. The van der Waals surface area contributed by atoms with Gasteiger partial charge in [-0.15, -0.1) is 0 Å². The van der Waals surface area contributed by atoms with Gasteiger partial charge >= 0.3 is 6.03 Å². The van der Waals surface area contributed by atoms with Gasteiger partial charge in [0.1, 0.15) is 0 Å². The maximum absolute atomic E-state index is 11.7. The Labute approximate surface area is 101 Å². The minimum Gasteiger partial charge on any atom is -0.388 e. The number of carbonyl (C=O) groups is 1. The first-order chi connectivity index (χ1) is 7.99. The van der Waals surface area contributed by atoms with Gasteiger partial charge in [-0.25, -0.2) is 4.79 Å². The van der Waals surface area contributed by atoms with Crippen molar-refractivity contribution < 1.29 is 4.79 Å². The van der Waals surface area contributed by atoms with Crippen LogP contribution in [-0.4, -0.2) is 30.4 Å². The third-order valence-electron chi connectivity index (χ3n) is 2.37. The highest BCUT2D eigenvalue weighted by atomic mass is 16.2. The summed E-state index contributed by atoms with van der Waals surface area (Å²) >= 11 is 0. The average Bonchev–Trinajstić information content (AvgIpc) is 2.28. The Balaban J connectivity index is 2.48. The van der Waals surface area contributed by atoms with Crippen molar-refractivity contribution in [2.75, 3.05) is 18.9 Å². The van der Waals surface area contributed by atoms with E-state index in [9.17, 15) is 4.79 Å². The summed E-state index contributed by atoms with van der Waals surface area (Å²) in [5, 5.41) is 9.86. The van der Waals surface area contributed by atoms with Crippen LogP contribution in [0.1, 0.15) is 12.0 Å². The lowest BCUT2D eigenvalue weighted by Gasteiger charge is -2.17. The summed E-state index contributed by atoms with van der Waals surface area (Å²) in [5.41, 5.74) is 7.14. The van der Waals surface area contributed by atoms with Crippen LogP contribution in [0.4, 0.5) is 10.5 Å². The number of amides is 2. The summed E-state index contributed by atoms with van der Waals surface area (Å²) in [5.74, 6) is 0.0833. The van der Waals surface area contributed by atoms with Crippen LogP contribution in [0.15, 0.2) is 24.3 Å². The van der Waals surface area contributed by atoms with Crippen LogP contribution in [0.3, 0.4) is 0 Å². The highest BCUT2D eigenvalue weighted by Crippen LogP contribution is 2.09. The van der Waals surface area contributed by atoms with Gasteiger partial charge in [0.25, 0.3) is 0 Å². The fraction of sp³-hybridized carbons (Fsp3) is 0.333. The molecule has 0 saturated heterocycles. The summed E-state index contributed by atoms with van der Waals surface area (Å²) in [6, 6.07) is 7.38. The minimum absolute atomic E-state index is 0.0833. The maximum Gasteiger partial charge on any atom is 0.321 e. The molecule has 0 atom stereocenters. The number of amidine groups is 1. The number of aryl methyl sites for hydroxylation is 1. The lowest BCUT2D eigenvalue weighted by molar-refractivity contribution is 0.223. The number of hydrogen-bond acceptors (Lipinski definition) is 2.